The highest BCUT2D eigenvalue weighted by molar-refractivity contribution is 7.10. The summed E-state index contributed by atoms with van der Waals surface area (Å²) < 4.78 is 5.93. The smallest absolute Gasteiger partial charge is 0.134 e. The number of rotatable bonds is 3. The van der Waals surface area contributed by atoms with E-state index < -0.39 is 0 Å². The van der Waals surface area contributed by atoms with Crippen molar-refractivity contribution in [3.8, 4) is 0 Å². The van der Waals surface area contributed by atoms with Gasteiger partial charge >= 0.3 is 0 Å². The van der Waals surface area contributed by atoms with E-state index in [4.69, 9.17) is 4.42 Å². The highest BCUT2D eigenvalue weighted by atomic mass is 32.1. The van der Waals surface area contributed by atoms with E-state index in [1.54, 1.807) is 11.3 Å². The molecule has 0 bridgehead atoms. The van der Waals surface area contributed by atoms with Crippen LogP contribution in [-0.2, 0) is 0 Å². The Hall–Kier alpha value is -1.58. The number of thiophene rings is 1. The Morgan fingerprint density at radius 3 is 2.72 bits per heavy atom. The third-order valence-corrected chi connectivity index (χ3v) is 3.98. The van der Waals surface area contributed by atoms with Crippen molar-refractivity contribution < 1.29 is 4.42 Å². The minimum atomic E-state index is 0.127. The molecule has 2 nitrogen and oxygen atoms in total. The van der Waals surface area contributed by atoms with Gasteiger partial charge in [0.15, 0.2) is 0 Å². The van der Waals surface area contributed by atoms with Crippen molar-refractivity contribution in [2.75, 3.05) is 7.05 Å². The predicted octanol–water partition coefficient (Wildman–Crippen LogP) is 4.11. The first kappa shape index (κ1) is 11.5. The number of furan rings is 1. The minimum absolute atomic E-state index is 0.127. The van der Waals surface area contributed by atoms with Crippen molar-refractivity contribution in [2.24, 2.45) is 0 Å². The Kier molecular flexibility index (Phi) is 2.94. The molecule has 2 aromatic heterocycles. The summed E-state index contributed by atoms with van der Waals surface area (Å²) in [7, 11) is 1.96. The zero-order valence-corrected chi connectivity index (χ0v) is 11.3. The number of para-hydroxylation sites is 1. The molecular weight excluding hydrogens is 242 g/mol. The van der Waals surface area contributed by atoms with Gasteiger partial charge in [-0.15, -0.1) is 11.3 Å². The lowest BCUT2D eigenvalue weighted by Gasteiger charge is -2.11. The van der Waals surface area contributed by atoms with Crippen molar-refractivity contribution in [3.05, 3.63) is 58.0 Å². The monoisotopic (exact) mass is 257 g/mol. The summed E-state index contributed by atoms with van der Waals surface area (Å²) in [5.74, 6) is 0.969. The van der Waals surface area contributed by atoms with Gasteiger partial charge in [-0.05, 0) is 43.1 Å². The summed E-state index contributed by atoms with van der Waals surface area (Å²) in [5, 5.41) is 6.66. The van der Waals surface area contributed by atoms with Crippen LogP contribution in [0.25, 0.3) is 11.0 Å². The molecule has 0 aliphatic rings. The predicted molar refractivity (Wildman–Crippen MR) is 76.2 cm³/mol. The molecule has 92 valence electrons. The van der Waals surface area contributed by atoms with Crippen molar-refractivity contribution in [3.63, 3.8) is 0 Å². The largest absolute Gasteiger partial charge is 0.459 e. The number of fused-ring (bicyclic) bond motifs is 1. The molecule has 1 atom stereocenters. The maximum Gasteiger partial charge on any atom is 0.134 e. The standard InChI is InChI=1S/C15H15NOS/c1-10-7-12(9-18-10)15(16-2)14-8-11-5-3-4-6-13(11)17-14/h3-9,15-16H,1-2H3. The molecule has 1 N–H and O–H groups in total. The molecule has 0 saturated heterocycles. The first-order valence-corrected chi connectivity index (χ1v) is 6.86. The van der Waals surface area contributed by atoms with Crippen LogP contribution in [0.5, 0.6) is 0 Å². The number of hydrogen-bond acceptors (Lipinski definition) is 3. The van der Waals surface area contributed by atoms with Gasteiger partial charge in [0.1, 0.15) is 11.3 Å². The molecule has 1 aromatic carbocycles. The Morgan fingerprint density at radius 1 is 1.22 bits per heavy atom. The highest BCUT2D eigenvalue weighted by Gasteiger charge is 2.17. The summed E-state index contributed by atoms with van der Waals surface area (Å²) in [6, 6.07) is 12.6. The SMILES string of the molecule is CNC(c1csc(C)c1)c1cc2ccccc2o1. The Labute approximate surface area is 110 Å². The number of aryl methyl sites for hydroxylation is 1. The van der Waals surface area contributed by atoms with Crippen LogP contribution in [0.4, 0.5) is 0 Å². The fourth-order valence-corrected chi connectivity index (χ4v) is 2.96. The number of hydrogen-bond donors (Lipinski definition) is 1. The molecule has 0 radical (unpaired) electrons. The minimum Gasteiger partial charge on any atom is -0.459 e. The molecule has 3 heteroatoms. The topological polar surface area (TPSA) is 25.2 Å². The Bertz CT molecular complexity index is 635. The van der Waals surface area contributed by atoms with Crippen molar-refractivity contribution >= 4 is 22.3 Å². The van der Waals surface area contributed by atoms with E-state index in [0.29, 0.717) is 0 Å². The molecule has 0 amide bonds. The summed E-state index contributed by atoms with van der Waals surface area (Å²) in [6.07, 6.45) is 0. The van der Waals surface area contributed by atoms with Gasteiger partial charge in [-0.25, -0.2) is 0 Å². The van der Waals surface area contributed by atoms with Crippen LogP contribution in [0.1, 0.15) is 22.2 Å². The summed E-state index contributed by atoms with van der Waals surface area (Å²) in [5.41, 5.74) is 2.21. The normalized spacial score (nSPS) is 13.0. The molecule has 18 heavy (non-hydrogen) atoms. The lowest BCUT2D eigenvalue weighted by molar-refractivity contribution is 0.492. The van der Waals surface area contributed by atoms with Crippen LogP contribution in [0, 0.1) is 6.92 Å². The average molecular weight is 257 g/mol. The van der Waals surface area contributed by atoms with Gasteiger partial charge in [-0.1, -0.05) is 18.2 Å². The van der Waals surface area contributed by atoms with Gasteiger partial charge in [0.25, 0.3) is 0 Å². The van der Waals surface area contributed by atoms with Crippen LogP contribution < -0.4 is 5.32 Å². The third kappa shape index (κ3) is 1.96. The zero-order valence-electron chi connectivity index (χ0n) is 10.4. The Balaban J connectivity index is 2.05. The fraction of sp³-hybridized carbons (Fsp3) is 0.200. The summed E-state index contributed by atoms with van der Waals surface area (Å²) in [4.78, 5) is 1.32. The molecule has 3 rings (SSSR count). The maximum absolute atomic E-state index is 5.93. The second kappa shape index (κ2) is 4.59. The fourth-order valence-electron chi connectivity index (χ4n) is 2.23. The first-order valence-electron chi connectivity index (χ1n) is 5.98. The van der Waals surface area contributed by atoms with Crippen molar-refractivity contribution in [1.29, 1.82) is 0 Å². The van der Waals surface area contributed by atoms with E-state index in [0.717, 1.165) is 16.7 Å². The summed E-state index contributed by atoms with van der Waals surface area (Å²) >= 11 is 1.77. The quantitative estimate of drug-likeness (QED) is 0.763. The molecule has 0 fully saturated rings. The molecule has 0 aliphatic heterocycles. The van der Waals surface area contributed by atoms with Gasteiger partial charge in [0.2, 0.25) is 0 Å². The summed E-state index contributed by atoms with van der Waals surface area (Å²) in [6.45, 7) is 2.12. The Morgan fingerprint density at radius 2 is 2.06 bits per heavy atom. The van der Waals surface area contributed by atoms with E-state index in [2.05, 4.69) is 35.8 Å². The van der Waals surface area contributed by atoms with Gasteiger partial charge in [0, 0.05) is 10.3 Å². The van der Waals surface area contributed by atoms with Gasteiger partial charge < -0.3 is 9.73 Å². The number of nitrogens with one attached hydrogen (secondary N) is 1. The van der Waals surface area contributed by atoms with Gasteiger partial charge in [-0.2, -0.15) is 0 Å². The van der Waals surface area contributed by atoms with Crippen LogP contribution in [0.2, 0.25) is 0 Å². The van der Waals surface area contributed by atoms with Crippen LogP contribution in [0.3, 0.4) is 0 Å². The molecule has 0 spiro atoms. The lowest BCUT2D eigenvalue weighted by atomic mass is 10.1. The second-order valence-corrected chi connectivity index (χ2v) is 5.51. The highest BCUT2D eigenvalue weighted by Crippen LogP contribution is 2.30. The van der Waals surface area contributed by atoms with E-state index in [-0.39, 0.29) is 6.04 Å². The molecule has 0 saturated carbocycles. The molecule has 2 heterocycles. The second-order valence-electron chi connectivity index (χ2n) is 4.40. The van der Waals surface area contributed by atoms with Crippen LogP contribution >= 0.6 is 11.3 Å². The third-order valence-electron chi connectivity index (χ3n) is 3.10. The van der Waals surface area contributed by atoms with Gasteiger partial charge in [0.05, 0.1) is 6.04 Å². The van der Waals surface area contributed by atoms with Crippen LogP contribution in [-0.4, -0.2) is 7.05 Å². The van der Waals surface area contributed by atoms with E-state index in [9.17, 15) is 0 Å². The lowest BCUT2D eigenvalue weighted by Crippen LogP contribution is -2.16. The zero-order chi connectivity index (χ0) is 12.5. The van der Waals surface area contributed by atoms with E-state index >= 15 is 0 Å². The van der Waals surface area contributed by atoms with Crippen molar-refractivity contribution in [1.82, 2.24) is 5.32 Å². The maximum atomic E-state index is 5.93. The molecule has 3 aromatic rings. The number of benzene rings is 1. The van der Waals surface area contributed by atoms with E-state index in [1.165, 1.54) is 10.4 Å². The van der Waals surface area contributed by atoms with E-state index in [1.807, 2.05) is 25.2 Å². The first-order chi connectivity index (χ1) is 8.78. The average Bonchev–Trinajstić information content (AvgIpc) is 2.96. The van der Waals surface area contributed by atoms with Gasteiger partial charge in [-0.3, -0.25) is 0 Å². The molecule has 0 aliphatic carbocycles. The van der Waals surface area contributed by atoms with Crippen molar-refractivity contribution in [2.45, 2.75) is 13.0 Å². The molecule has 1 unspecified atom stereocenters. The van der Waals surface area contributed by atoms with Crippen LogP contribution in [0.15, 0.2) is 46.2 Å². The molecular formula is C15H15NOS.